The van der Waals surface area contributed by atoms with Gasteiger partial charge in [0, 0.05) is 13.7 Å². The van der Waals surface area contributed by atoms with Gasteiger partial charge in [0.05, 0.1) is 0 Å². The van der Waals surface area contributed by atoms with Crippen LogP contribution in [0, 0.1) is 6.92 Å². The summed E-state index contributed by atoms with van der Waals surface area (Å²) < 4.78 is 4.90. The second-order valence-corrected chi connectivity index (χ2v) is 2.25. The standard InChI is InChI=1S/C9H17O/c1-3-4-5-6-7-8-9-10-2/h5-6H,1,3-4,7-9H2,2H3. The molecule has 0 aromatic carbocycles. The Morgan fingerprint density at radius 3 is 2.60 bits per heavy atom. The average molecular weight is 141 g/mol. The van der Waals surface area contributed by atoms with Gasteiger partial charge in [0.15, 0.2) is 0 Å². The van der Waals surface area contributed by atoms with Gasteiger partial charge in [0.25, 0.3) is 0 Å². The number of allylic oxidation sites excluding steroid dienone is 2. The molecule has 0 saturated heterocycles. The van der Waals surface area contributed by atoms with E-state index in [1.165, 1.54) is 0 Å². The van der Waals surface area contributed by atoms with Crippen LogP contribution >= 0.6 is 0 Å². The Kier molecular flexibility index (Phi) is 8.44. The molecule has 0 rings (SSSR count). The first-order valence-electron chi connectivity index (χ1n) is 3.85. The molecule has 1 nitrogen and oxygen atoms in total. The first-order valence-corrected chi connectivity index (χ1v) is 3.85. The summed E-state index contributed by atoms with van der Waals surface area (Å²) in [5.41, 5.74) is 0. The molecule has 0 aliphatic carbocycles. The highest BCUT2D eigenvalue weighted by atomic mass is 16.5. The Balaban J connectivity index is 2.88. The summed E-state index contributed by atoms with van der Waals surface area (Å²) in [6.07, 6.45) is 8.75. The van der Waals surface area contributed by atoms with Crippen LogP contribution in [-0.2, 0) is 4.74 Å². The molecule has 0 unspecified atom stereocenters. The molecule has 0 spiro atoms. The van der Waals surface area contributed by atoms with Crippen LogP contribution in [0.25, 0.3) is 0 Å². The monoisotopic (exact) mass is 141 g/mol. The van der Waals surface area contributed by atoms with Crippen molar-refractivity contribution < 1.29 is 4.74 Å². The molecule has 0 atom stereocenters. The summed E-state index contributed by atoms with van der Waals surface area (Å²) in [5, 5.41) is 0. The van der Waals surface area contributed by atoms with Crippen molar-refractivity contribution in [2.24, 2.45) is 0 Å². The summed E-state index contributed by atoms with van der Waals surface area (Å²) in [7, 11) is 1.74. The van der Waals surface area contributed by atoms with E-state index in [-0.39, 0.29) is 0 Å². The van der Waals surface area contributed by atoms with Crippen molar-refractivity contribution in [1.82, 2.24) is 0 Å². The molecule has 1 radical (unpaired) electrons. The van der Waals surface area contributed by atoms with Crippen molar-refractivity contribution in [3.05, 3.63) is 19.1 Å². The van der Waals surface area contributed by atoms with E-state index in [0.717, 1.165) is 32.3 Å². The van der Waals surface area contributed by atoms with Crippen LogP contribution in [0.4, 0.5) is 0 Å². The van der Waals surface area contributed by atoms with Crippen LogP contribution in [0.3, 0.4) is 0 Å². The molecule has 1 heteroatoms. The van der Waals surface area contributed by atoms with Crippen molar-refractivity contribution in [3.8, 4) is 0 Å². The number of hydrogen-bond donors (Lipinski definition) is 0. The Hall–Kier alpha value is -0.300. The number of ether oxygens (including phenoxy) is 1. The van der Waals surface area contributed by atoms with Crippen LogP contribution < -0.4 is 0 Å². The molecule has 0 N–H and O–H groups in total. The van der Waals surface area contributed by atoms with Crippen molar-refractivity contribution in [1.29, 1.82) is 0 Å². The van der Waals surface area contributed by atoms with Crippen molar-refractivity contribution in [2.45, 2.75) is 25.7 Å². The topological polar surface area (TPSA) is 9.23 Å². The van der Waals surface area contributed by atoms with E-state index in [4.69, 9.17) is 4.74 Å². The molecular weight excluding hydrogens is 124 g/mol. The Labute approximate surface area is 64.1 Å². The Morgan fingerprint density at radius 1 is 1.30 bits per heavy atom. The maximum Gasteiger partial charge on any atom is 0.0465 e. The predicted octanol–water partition coefficient (Wildman–Crippen LogP) is 2.58. The minimum Gasteiger partial charge on any atom is -0.385 e. The fourth-order valence-corrected chi connectivity index (χ4v) is 0.699. The average Bonchev–Trinajstić information content (AvgIpc) is 1.97. The summed E-state index contributed by atoms with van der Waals surface area (Å²) in [6.45, 7) is 4.61. The third-order valence-corrected chi connectivity index (χ3v) is 1.26. The molecule has 0 bridgehead atoms. The van der Waals surface area contributed by atoms with Crippen molar-refractivity contribution in [2.75, 3.05) is 13.7 Å². The van der Waals surface area contributed by atoms with Gasteiger partial charge in [0.1, 0.15) is 0 Å². The van der Waals surface area contributed by atoms with E-state index in [2.05, 4.69) is 19.1 Å². The zero-order valence-electron chi connectivity index (χ0n) is 6.81. The summed E-state index contributed by atoms with van der Waals surface area (Å²) in [5.74, 6) is 0. The lowest BCUT2D eigenvalue weighted by atomic mass is 10.2. The number of rotatable bonds is 6. The fraction of sp³-hybridized carbons (Fsp3) is 0.667. The van der Waals surface area contributed by atoms with Crippen molar-refractivity contribution >= 4 is 0 Å². The zero-order valence-corrected chi connectivity index (χ0v) is 6.81. The first kappa shape index (κ1) is 9.70. The second kappa shape index (κ2) is 8.70. The molecule has 59 valence electrons. The maximum atomic E-state index is 4.90. The maximum absolute atomic E-state index is 4.90. The Morgan fingerprint density at radius 2 is 2.00 bits per heavy atom. The number of hydrogen-bond acceptors (Lipinski definition) is 1. The molecule has 10 heavy (non-hydrogen) atoms. The minimum atomic E-state index is 0.870. The minimum absolute atomic E-state index is 0.870. The molecular formula is C9H17O. The molecule has 0 saturated carbocycles. The van der Waals surface area contributed by atoms with Gasteiger partial charge in [-0.05, 0) is 25.7 Å². The summed E-state index contributed by atoms with van der Waals surface area (Å²) in [4.78, 5) is 0. The van der Waals surface area contributed by atoms with Crippen LogP contribution in [-0.4, -0.2) is 13.7 Å². The summed E-state index contributed by atoms with van der Waals surface area (Å²) in [6, 6.07) is 0. The van der Waals surface area contributed by atoms with Gasteiger partial charge in [-0.2, -0.15) is 0 Å². The largest absolute Gasteiger partial charge is 0.385 e. The lowest BCUT2D eigenvalue weighted by molar-refractivity contribution is 0.196. The molecule has 0 amide bonds. The second-order valence-electron chi connectivity index (χ2n) is 2.25. The molecule has 0 heterocycles. The smallest absolute Gasteiger partial charge is 0.0465 e. The van der Waals surface area contributed by atoms with Gasteiger partial charge in [0.2, 0.25) is 0 Å². The van der Waals surface area contributed by atoms with Gasteiger partial charge < -0.3 is 4.74 Å². The molecule has 0 fully saturated rings. The fourth-order valence-electron chi connectivity index (χ4n) is 0.699. The van der Waals surface area contributed by atoms with Crippen molar-refractivity contribution in [3.63, 3.8) is 0 Å². The lowest BCUT2D eigenvalue weighted by Crippen LogP contribution is -1.85. The summed E-state index contributed by atoms with van der Waals surface area (Å²) >= 11 is 0. The van der Waals surface area contributed by atoms with Gasteiger partial charge in [-0.25, -0.2) is 0 Å². The van der Waals surface area contributed by atoms with E-state index in [0.29, 0.717) is 0 Å². The van der Waals surface area contributed by atoms with Gasteiger partial charge in [-0.3, -0.25) is 0 Å². The Bertz CT molecular complexity index is 76.8. The van der Waals surface area contributed by atoms with E-state index in [1.54, 1.807) is 7.11 Å². The SMILES string of the molecule is [CH2]CCC=CCCCOC. The zero-order chi connectivity index (χ0) is 7.66. The highest BCUT2D eigenvalue weighted by Crippen LogP contribution is 1.94. The van der Waals surface area contributed by atoms with E-state index in [1.807, 2.05) is 0 Å². The van der Waals surface area contributed by atoms with Crippen LogP contribution in [0.1, 0.15) is 25.7 Å². The highest BCUT2D eigenvalue weighted by molar-refractivity contribution is 4.81. The lowest BCUT2D eigenvalue weighted by Gasteiger charge is -1.92. The first-order chi connectivity index (χ1) is 4.91. The van der Waals surface area contributed by atoms with Gasteiger partial charge in [-0.1, -0.05) is 19.1 Å². The third-order valence-electron chi connectivity index (χ3n) is 1.26. The van der Waals surface area contributed by atoms with Gasteiger partial charge in [-0.15, -0.1) is 0 Å². The molecule has 0 aliphatic rings. The third kappa shape index (κ3) is 7.70. The predicted molar refractivity (Wildman–Crippen MR) is 44.8 cm³/mol. The van der Waals surface area contributed by atoms with Crippen LogP contribution in [0.15, 0.2) is 12.2 Å². The molecule has 0 aromatic rings. The highest BCUT2D eigenvalue weighted by Gasteiger charge is 1.80. The van der Waals surface area contributed by atoms with Crippen LogP contribution in [0.2, 0.25) is 0 Å². The number of methoxy groups -OCH3 is 1. The van der Waals surface area contributed by atoms with E-state index < -0.39 is 0 Å². The molecule has 0 aromatic heterocycles. The number of unbranched alkanes of at least 4 members (excludes halogenated alkanes) is 2. The van der Waals surface area contributed by atoms with E-state index in [9.17, 15) is 0 Å². The quantitative estimate of drug-likeness (QED) is 0.408. The molecule has 0 aliphatic heterocycles. The van der Waals surface area contributed by atoms with Gasteiger partial charge >= 0.3 is 0 Å². The van der Waals surface area contributed by atoms with E-state index >= 15 is 0 Å². The van der Waals surface area contributed by atoms with Crippen LogP contribution in [0.5, 0.6) is 0 Å². The normalized spacial score (nSPS) is 11.0.